The molecule has 0 radical (unpaired) electrons. The highest BCUT2D eigenvalue weighted by atomic mass is 127. The van der Waals surface area contributed by atoms with Crippen LogP contribution in [0.1, 0.15) is 13.8 Å². The summed E-state index contributed by atoms with van der Waals surface area (Å²) in [5, 5.41) is 3.82. The van der Waals surface area contributed by atoms with Crippen LogP contribution in [0, 0.1) is 3.57 Å². The van der Waals surface area contributed by atoms with Gasteiger partial charge in [0.1, 0.15) is 0 Å². The minimum Gasteiger partial charge on any atom is -0.375 e. The Bertz CT molecular complexity index is 409. The van der Waals surface area contributed by atoms with Gasteiger partial charge in [0.05, 0.1) is 6.54 Å². The lowest BCUT2D eigenvalue weighted by molar-refractivity contribution is -0.129. The predicted octanol–water partition coefficient (Wildman–Crippen LogP) is 3.22. The van der Waals surface area contributed by atoms with Gasteiger partial charge in [0.15, 0.2) is 0 Å². The molecule has 1 amide bonds. The van der Waals surface area contributed by atoms with Gasteiger partial charge in [0.2, 0.25) is 5.91 Å². The van der Waals surface area contributed by atoms with Crippen molar-refractivity contribution in [3.63, 3.8) is 0 Å². The Hall–Kier alpha value is -0.490. The maximum Gasteiger partial charge on any atom is 0.241 e. The van der Waals surface area contributed by atoms with Gasteiger partial charge in [-0.1, -0.05) is 11.6 Å². The molecule has 94 valence electrons. The van der Waals surface area contributed by atoms with Crippen molar-refractivity contribution in [3.05, 3.63) is 26.8 Å². The van der Waals surface area contributed by atoms with Crippen molar-refractivity contribution >= 4 is 45.8 Å². The minimum atomic E-state index is 0.0748. The van der Waals surface area contributed by atoms with E-state index in [0.717, 1.165) is 9.26 Å². The number of hydrogen-bond donors (Lipinski definition) is 1. The summed E-state index contributed by atoms with van der Waals surface area (Å²) in [6.45, 7) is 4.28. The second-order valence-electron chi connectivity index (χ2n) is 4.08. The van der Waals surface area contributed by atoms with Gasteiger partial charge in [-0.15, -0.1) is 0 Å². The number of halogens is 2. The normalized spacial score (nSPS) is 10.5. The lowest BCUT2D eigenvalue weighted by Gasteiger charge is -2.22. The Morgan fingerprint density at radius 2 is 2.18 bits per heavy atom. The number of likely N-dealkylation sites (N-methyl/N-ethyl adjacent to an activating group) is 1. The van der Waals surface area contributed by atoms with E-state index in [0.29, 0.717) is 11.6 Å². The van der Waals surface area contributed by atoms with Crippen LogP contribution in [0.25, 0.3) is 0 Å². The van der Waals surface area contributed by atoms with E-state index in [1.807, 2.05) is 39.1 Å². The molecule has 5 heteroatoms. The van der Waals surface area contributed by atoms with Gasteiger partial charge in [-0.25, -0.2) is 0 Å². The van der Waals surface area contributed by atoms with Crippen LogP contribution in [-0.4, -0.2) is 30.4 Å². The van der Waals surface area contributed by atoms with Gasteiger partial charge in [-0.05, 0) is 54.6 Å². The number of benzene rings is 1. The molecule has 0 spiro atoms. The third-order valence-corrected chi connectivity index (χ3v) is 3.66. The highest BCUT2D eigenvalue weighted by Crippen LogP contribution is 2.22. The first-order chi connectivity index (χ1) is 7.91. The molecule has 1 aromatic rings. The van der Waals surface area contributed by atoms with Gasteiger partial charge < -0.3 is 10.2 Å². The van der Waals surface area contributed by atoms with E-state index in [1.165, 1.54) is 0 Å². The standard InChI is InChI=1S/C12H16ClIN2O/c1-8(2)16(3)12(17)7-15-11-5-4-9(13)6-10(11)14/h4-6,8,15H,7H2,1-3H3. The average Bonchev–Trinajstić information content (AvgIpc) is 2.26. The second-order valence-corrected chi connectivity index (χ2v) is 5.67. The zero-order valence-electron chi connectivity index (χ0n) is 10.1. The molecule has 0 unspecified atom stereocenters. The molecule has 0 heterocycles. The monoisotopic (exact) mass is 366 g/mol. The number of anilines is 1. The van der Waals surface area contributed by atoms with E-state index in [2.05, 4.69) is 27.9 Å². The Balaban J connectivity index is 2.59. The number of carbonyl (C=O) groups excluding carboxylic acids is 1. The van der Waals surface area contributed by atoms with Crippen LogP contribution in [0.5, 0.6) is 0 Å². The van der Waals surface area contributed by atoms with Gasteiger partial charge >= 0.3 is 0 Å². The number of carbonyl (C=O) groups is 1. The topological polar surface area (TPSA) is 32.3 Å². The molecule has 1 N–H and O–H groups in total. The summed E-state index contributed by atoms with van der Waals surface area (Å²) >= 11 is 8.06. The minimum absolute atomic E-state index is 0.0748. The molecule has 0 aliphatic rings. The summed E-state index contributed by atoms with van der Waals surface area (Å²) in [7, 11) is 1.81. The predicted molar refractivity (Wildman–Crippen MR) is 80.6 cm³/mol. The van der Waals surface area contributed by atoms with Crippen molar-refractivity contribution in [2.24, 2.45) is 0 Å². The Morgan fingerprint density at radius 3 is 2.71 bits per heavy atom. The molecule has 0 aromatic heterocycles. The molecule has 0 aliphatic heterocycles. The van der Waals surface area contributed by atoms with E-state index in [1.54, 1.807) is 4.90 Å². The second kappa shape index (κ2) is 6.44. The smallest absolute Gasteiger partial charge is 0.241 e. The Kier molecular flexibility index (Phi) is 5.52. The fourth-order valence-corrected chi connectivity index (χ4v) is 2.28. The van der Waals surface area contributed by atoms with E-state index in [9.17, 15) is 4.79 Å². The average molecular weight is 367 g/mol. The Morgan fingerprint density at radius 1 is 1.53 bits per heavy atom. The fraction of sp³-hybridized carbons (Fsp3) is 0.417. The van der Waals surface area contributed by atoms with Crippen molar-refractivity contribution in [3.8, 4) is 0 Å². The highest BCUT2D eigenvalue weighted by Gasteiger charge is 2.11. The highest BCUT2D eigenvalue weighted by molar-refractivity contribution is 14.1. The molecular formula is C12H16ClIN2O. The SMILES string of the molecule is CC(C)N(C)C(=O)CNc1ccc(Cl)cc1I. The summed E-state index contributed by atoms with van der Waals surface area (Å²) in [4.78, 5) is 13.5. The largest absolute Gasteiger partial charge is 0.375 e. The number of nitrogens with one attached hydrogen (secondary N) is 1. The first kappa shape index (κ1) is 14.6. The number of hydrogen-bond acceptors (Lipinski definition) is 2. The fourth-order valence-electron chi connectivity index (χ4n) is 1.22. The quantitative estimate of drug-likeness (QED) is 0.830. The molecule has 3 nitrogen and oxygen atoms in total. The molecule has 0 bridgehead atoms. The lowest BCUT2D eigenvalue weighted by Crippen LogP contribution is -2.37. The first-order valence-corrected chi connectivity index (χ1v) is 6.82. The molecule has 0 fully saturated rings. The molecule has 0 saturated heterocycles. The van der Waals surface area contributed by atoms with E-state index in [4.69, 9.17) is 11.6 Å². The summed E-state index contributed by atoms with van der Waals surface area (Å²) in [6, 6.07) is 5.77. The molecule has 1 aromatic carbocycles. The summed E-state index contributed by atoms with van der Waals surface area (Å²) < 4.78 is 1.01. The number of nitrogens with zero attached hydrogens (tertiary/aromatic N) is 1. The van der Waals surface area contributed by atoms with Crippen LogP contribution in [0.15, 0.2) is 18.2 Å². The van der Waals surface area contributed by atoms with Crippen LogP contribution in [0.2, 0.25) is 5.02 Å². The molecule has 0 aliphatic carbocycles. The maximum absolute atomic E-state index is 11.8. The Labute approximate surface area is 121 Å². The van der Waals surface area contributed by atoms with Crippen molar-refractivity contribution < 1.29 is 4.79 Å². The molecule has 0 saturated carbocycles. The zero-order chi connectivity index (χ0) is 13.0. The number of rotatable bonds is 4. The summed E-state index contributed by atoms with van der Waals surface area (Å²) in [6.07, 6.45) is 0. The van der Waals surface area contributed by atoms with Crippen molar-refractivity contribution in [1.82, 2.24) is 4.90 Å². The maximum atomic E-state index is 11.8. The van der Waals surface area contributed by atoms with Crippen LogP contribution >= 0.6 is 34.2 Å². The molecule has 0 atom stereocenters. The van der Waals surface area contributed by atoms with Crippen molar-refractivity contribution in [1.29, 1.82) is 0 Å². The van der Waals surface area contributed by atoms with E-state index in [-0.39, 0.29) is 11.9 Å². The van der Waals surface area contributed by atoms with Crippen LogP contribution < -0.4 is 5.32 Å². The van der Waals surface area contributed by atoms with E-state index < -0.39 is 0 Å². The molecule has 17 heavy (non-hydrogen) atoms. The van der Waals surface area contributed by atoms with Gasteiger partial charge in [0, 0.05) is 27.4 Å². The molecular weight excluding hydrogens is 351 g/mol. The van der Waals surface area contributed by atoms with E-state index >= 15 is 0 Å². The molecule has 1 rings (SSSR count). The van der Waals surface area contributed by atoms with Crippen molar-refractivity contribution in [2.75, 3.05) is 18.9 Å². The van der Waals surface area contributed by atoms with Crippen LogP contribution in [0.3, 0.4) is 0 Å². The van der Waals surface area contributed by atoms with Crippen LogP contribution in [-0.2, 0) is 4.79 Å². The van der Waals surface area contributed by atoms with Gasteiger partial charge in [-0.2, -0.15) is 0 Å². The van der Waals surface area contributed by atoms with Crippen LogP contribution in [0.4, 0.5) is 5.69 Å². The lowest BCUT2D eigenvalue weighted by atomic mass is 10.3. The van der Waals surface area contributed by atoms with Gasteiger partial charge in [0.25, 0.3) is 0 Å². The first-order valence-electron chi connectivity index (χ1n) is 5.36. The number of amides is 1. The third-order valence-electron chi connectivity index (χ3n) is 2.53. The zero-order valence-corrected chi connectivity index (χ0v) is 13.0. The summed E-state index contributed by atoms with van der Waals surface area (Å²) in [5.41, 5.74) is 0.931. The third kappa shape index (κ3) is 4.35. The summed E-state index contributed by atoms with van der Waals surface area (Å²) in [5.74, 6) is 0.0748. The van der Waals surface area contributed by atoms with Gasteiger partial charge in [-0.3, -0.25) is 4.79 Å². The van der Waals surface area contributed by atoms with Crippen molar-refractivity contribution in [2.45, 2.75) is 19.9 Å².